The van der Waals surface area contributed by atoms with Crippen molar-refractivity contribution in [2.75, 3.05) is 40.3 Å². The van der Waals surface area contributed by atoms with Gasteiger partial charge in [-0.15, -0.1) is 12.3 Å². The fourth-order valence-corrected chi connectivity index (χ4v) is 2.92. The SMILES string of the molecule is C#CCCCC(NCCC)C1CN(C)CCCN1C. The Bertz CT molecular complexity index is 272. The van der Waals surface area contributed by atoms with Gasteiger partial charge in [-0.05, 0) is 59.4 Å². The summed E-state index contributed by atoms with van der Waals surface area (Å²) in [5.74, 6) is 2.76. The highest BCUT2D eigenvalue weighted by molar-refractivity contribution is 4.89. The van der Waals surface area contributed by atoms with Gasteiger partial charge in [-0.3, -0.25) is 0 Å². The molecule has 0 spiro atoms. The highest BCUT2D eigenvalue weighted by Crippen LogP contribution is 2.15. The first-order chi connectivity index (χ1) is 9.19. The van der Waals surface area contributed by atoms with Crippen molar-refractivity contribution < 1.29 is 0 Å². The van der Waals surface area contributed by atoms with Crippen LogP contribution < -0.4 is 5.32 Å². The summed E-state index contributed by atoms with van der Waals surface area (Å²) in [5, 5.41) is 3.74. The summed E-state index contributed by atoms with van der Waals surface area (Å²) in [4.78, 5) is 5.00. The molecular weight excluding hydrogens is 234 g/mol. The molecule has 1 rings (SSSR count). The molecule has 1 aliphatic rings. The van der Waals surface area contributed by atoms with Gasteiger partial charge in [-0.2, -0.15) is 0 Å². The maximum absolute atomic E-state index is 5.38. The van der Waals surface area contributed by atoms with E-state index in [0.29, 0.717) is 12.1 Å². The molecule has 1 fully saturated rings. The molecule has 0 amide bonds. The molecule has 3 heteroatoms. The maximum Gasteiger partial charge on any atom is 0.0373 e. The Hall–Kier alpha value is -0.560. The number of hydrogen-bond donors (Lipinski definition) is 1. The molecule has 110 valence electrons. The fraction of sp³-hybridized carbons (Fsp3) is 0.875. The monoisotopic (exact) mass is 265 g/mol. The van der Waals surface area contributed by atoms with Crippen LogP contribution in [0.5, 0.6) is 0 Å². The quantitative estimate of drug-likeness (QED) is 0.559. The normalized spacial score (nSPS) is 23.8. The average molecular weight is 265 g/mol. The second-order valence-corrected chi connectivity index (χ2v) is 5.82. The third kappa shape index (κ3) is 5.95. The molecule has 0 aromatic carbocycles. The van der Waals surface area contributed by atoms with E-state index in [-0.39, 0.29) is 0 Å². The maximum atomic E-state index is 5.38. The van der Waals surface area contributed by atoms with Crippen molar-refractivity contribution in [2.24, 2.45) is 0 Å². The molecule has 2 unspecified atom stereocenters. The smallest absolute Gasteiger partial charge is 0.0373 e. The highest BCUT2D eigenvalue weighted by Gasteiger charge is 2.27. The van der Waals surface area contributed by atoms with E-state index in [2.05, 4.69) is 42.1 Å². The Labute approximate surface area is 119 Å². The molecule has 1 aliphatic heterocycles. The van der Waals surface area contributed by atoms with Crippen LogP contribution in [-0.2, 0) is 0 Å². The number of unbranched alkanes of at least 4 members (excludes halogenated alkanes) is 1. The molecule has 1 saturated heterocycles. The Morgan fingerprint density at radius 1 is 1.37 bits per heavy atom. The Balaban J connectivity index is 2.60. The average Bonchev–Trinajstić information content (AvgIpc) is 2.56. The zero-order valence-corrected chi connectivity index (χ0v) is 13.0. The summed E-state index contributed by atoms with van der Waals surface area (Å²) in [6.45, 7) is 6.91. The molecule has 0 aliphatic carbocycles. The van der Waals surface area contributed by atoms with Crippen LogP contribution in [0.25, 0.3) is 0 Å². The lowest BCUT2D eigenvalue weighted by Crippen LogP contribution is -2.52. The summed E-state index contributed by atoms with van der Waals surface area (Å²) in [5.41, 5.74) is 0. The second-order valence-electron chi connectivity index (χ2n) is 5.82. The minimum Gasteiger partial charge on any atom is -0.312 e. The summed E-state index contributed by atoms with van der Waals surface area (Å²) in [6, 6.07) is 1.18. The summed E-state index contributed by atoms with van der Waals surface area (Å²) >= 11 is 0. The Morgan fingerprint density at radius 2 is 2.16 bits per heavy atom. The van der Waals surface area contributed by atoms with Gasteiger partial charge in [0.15, 0.2) is 0 Å². The van der Waals surface area contributed by atoms with Gasteiger partial charge in [0.05, 0.1) is 0 Å². The molecule has 0 aromatic heterocycles. The van der Waals surface area contributed by atoms with Crippen LogP contribution in [0.1, 0.15) is 39.0 Å². The van der Waals surface area contributed by atoms with Crippen LogP contribution >= 0.6 is 0 Å². The van der Waals surface area contributed by atoms with Gasteiger partial charge in [0, 0.05) is 25.0 Å². The van der Waals surface area contributed by atoms with E-state index in [0.717, 1.165) is 25.9 Å². The van der Waals surface area contributed by atoms with Crippen LogP contribution in [0.3, 0.4) is 0 Å². The number of hydrogen-bond acceptors (Lipinski definition) is 3. The third-order valence-electron chi connectivity index (χ3n) is 4.07. The van der Waals surface area contributed by atoms with Crippen LogP contribution in [0.15, 0.2) is 0 Å². The van der Waals surface area contributed by atoms with Gasteiger partial charge < -0.3 is 15.1 Å². The molecule has 0 bridgehead atoms. The number of terminal acetylenes is 1. The first-order valence-electron chi connectivity index (χ1n) is 7.74. The topological polar surface area (TPSA) is 18.5 Å². The van der Waals surface area contributed by atoms with Crippen molar-refractivity contribution in [3.05, 3.63) is 0 Å². The van der Waals surface area contributed by atoms with E-state index < -0.39 is 0 Å². The van der Waals surface area contributed by atoms with Crippen LogP contribution in [0.4, 0.5) is 0 Å². The van der Waals surface area contributed by atoms with Crippen LogP contribution in [-0.4, -0.2) is 62.2 Å². The number of likely N-dealkylation sites (N-methyl/N-ethyl adjacent to an activating group) is 2. The van der Waals surface area contributed by atoms with Gasteiger partial charge in [0.1, 0.15) is 0 Å². The lowest BCUT2D eigenvalue weighted by Gasteiger charge is -2.35. The molecule has 0 radical (unpaired) electrons. The molecule has 0 saturated carbocycles. The predicted molar refractivity (Wildman–Crippen MR) is 83.3 cm³/mol. The minimum atomic E-state index is 0.568. The van der Waals surface area contributed by atoms with Crippen molar-refractivity contribution in [2.45, 2.75) is 51.1 Å². The minimum absolute atomic E-state index is 0.568. The lowest BCUT2D eigenvalue weighted by molar-refractivity contribution is 0.171. The molecule has 1 heterocycles. The van der Waals surface area contributed by atoms with E-state index in [4.69, 9.17) is 6.42 Å². The van der Waals surface area contributed by atoms with Gasteiger partial charge in [-0.1, -0.05) is 6.92 Å². The van der Waals surface area contributed by atoms with Crippen molar-refractivity contribution in [1.82, 2.24) is 15.1 Å². The molecule has 0 aromatic rings. The lowest BCUT2D eigenvalue weighted by atomic mass is 10.00. The zero-order chi connectivity index (χ0) is 14.1. The zero-order valence-electron chi connectivity index (χ0n) is 13.0. The summed E-state index contributed by atoms with van der Waals surface area (Å²) in [7, 11) is 4.51. The van der Waals surface area contributed by atoms with E-state index in [1.807, 2.05) is 0 Å². The van der Waals surface area contributed by atoms with Gasteiger partial charge >= 0.3 is 0 Å². The standard InChI is InChI=1S/C16H31N3/c1-5-7-8-10-15(17-11-6-2)16-14-18(3)12-9-13-19(16)4/h1,15-17H,6-14H2,2-4H3. The Morgan fingerprint density at radius 3 is 2.84 bits per heavy atom. The van der Waals surface area contributed by atoms with Crippen LogP contribution in [0.2, 0.25) is 0 Å². The molecule has 2 atom stereocenters. The summed E-state index contributed by atoms with van der Waals surface area (Å²) in [6.07, 6.45) is 11.1. The van der Waals surface area contributed by atoms with E-state index in [1.165, 1.54) is 32.4 Å². The molecular formula is C16H31N3. The van der Waals surface area contributed by atoms with E-state index in [1.54, 1.807) is 0 Å². The largest absolute Gasteiger partial charge is 0.312 e. The van der Waals surface area contributed by atoms with Crippen molar-refractivity contribution in [1.29, 1.82) is 0 Å². The Kier molecular flexibility index (Phi) is 8.13. The predicted octanol–water partition coefficient (Wildman–Crippen LogP) is 1.79. The van der Waals surface area contributed by atoms with Crippen molar-refractivity contribution >= 4 is 0 Å². The number of nitrogens with one attached hydrogen (secondary N) is 1. The third-order valence-corrected chi connectivity index (χ3v) is 4.07. The number of rotatable bonds is 7. The number of nitrogens with zero attached hydrogens (tertiary/aromatic N) is 2. The first-order valence-corrected chi connectivity index (χ1v) is 7.74. The van der Waals surface area contributed by atoms with Gasteiger partial charge in [0.25, 0.3) is 0 Å². The van der Waals surface area contributed by atoms with Crippen molar-refractivity contribution in [3.63, 3.8) is 0 Å². The molecule has 1 N–H and O–H groups in total. The van der Waals surface area contributed by atoms with Gasteiger partial charge in [0.2, 0.25) is 0 Å². The van der Waals surface area contributed by atoms with Crippen molar-refractivity contribution in [3.8, 4) is 12.3 Å². The second kappa shape index (κ2) is 9.36. The summed E-state index contributed by atoms with van der Waals surface area (Å²) < 4.78 is 0. The molecule has 3 nitrogen and oxygen atoms in total. The molecule has 19 heavy (non-hydrogen) atoms. The van der Waals surface area contributed by atoms with Crippen LogP contribution in [0, 0.1) is 12.3 Å². The first kappa shape index (κ1) is 16.5. The highest BCUT2D eigenvalue weighted by atomic mass is 15.2. The fourth-order valence-electron chi connectivity index (χ4n) is 2.92. The van der Waals surface area contributed by atoms with Gasteiger partial charge in [-0.25, -0.2) is 0 Å². The van der Waals surface area contributed by atoms with E-state index in [9.17, 15) is 0 Å². The van der Waals surface area contributed by atoms with E-state index >= 15 is 0 Å².